The number of nitrogens with two attached hydrogens (primary N) is 1. The van der Waals surface area contributed by atoms with Crippen LogP contribution in [0.5, 0.6) is 0 Å². The summed E-state index contributed by atoms with van der Waals surface area (Å²) in [7, 11) is 0. The highest BCUT2D eigenvalue weighted by atomic mass is 14.8. The van der Waals surface area contributed by atoms with E-state index in [9.17, 15) is 0 Å². The number of allylic oxidation sites excluding steroid dienone is 3. The Morgan fingerprint density at radius 3 is 2.67 bits per heavy atom. The second kappa shape index (κ2) is 5.09. The number of rotatable bonds is 2. The molecular weight excluding hydrogens is 112 g/mol. The third kappa shape index (κ3) is 4.81. The standard InChI is InChI=1S/C7H12N2/c1-3-4-7(2)5-9-6-8/h3-6H,1-2H3,(H2,8,9)/b4-3-,7-5-. The lowest BCUT2D eigenvalue weighted by molar-refractivity contribution is 1.42. The van der Waals surface area contributed by atoms with E-state index in [-0.39, 0.29) is 0 Å². The summed E-state index contributed by atoms with van der Waals surface area (Å²) in [5.74, 6) is 0. The third-order valence-corrected chi connectivity index (χ3v) is 0.794. The summed E-state index contributed by atoms with van der Waals surface area (Å²) in [6.07, 6.45) is 6.90. The summed E-state index contributed by atoms with van der Waals surface area (Å²) in [4.78, 5) is 3.73. The minimum atomic E-state index is 1.10. The zero-order chi connectivity index (χ0) is 7.11. The first kappa shape index (κ1) is 7.95. The number of nitrogens with zero attached hydrogens (tertiary/aromatic N) is 1. The van der Waals surface area contributed by atoms with Crippen LogP contribution in [0.25, 0.3) is 0 Å². The fourth-order valence-corrected chi connectivity index (χ4v) is 0.467. The fraction of sp³-hybridized carbons (Fsp3) is 0.286. The Kier molecular flexibility index (Phi) is 4.50. The molecular formula is C7H12N2. The van der Waals surface area contributed by atoms with Gasteiger partial charge in [0, 0.05) is 6.20 Å². The van der Waals surface area contributed by atoms with E-state index in [1.807, 2.05) is 26.0 Å². The van der Waals surface area contributed by atoms with Gasteiger partial charge in [0.15, 0.2) is 0 Å². The molecule has 0 saturated heterocycles. The summed E-state index contributed by atoms with van der Waals surface area (Å²) in [6.45, 7) is 3.93. The Balaban J connectivity index is 3.84. The predicted octanol–water partition coefficient (Wildman–Crippen LogP) is 1.45. The minimum Gasteiger partial charge on any atom is -0.390 e. The molecule has 0 bridgehead atoms. The maximum atomic E-state index is 5.01. The van der Waals surface area contributed by atoms with Crippen LogP contribution in [0.3, 0.4) is 0 Å². The van der Waals surface area contributed by atoms with E-state index >= 15 is 0 Å². The second-order valence-corrected chi connectivity index (χ2v) is 1.67. The molecule has 2 heteroatoms. The summed E-state index contributed by atoms with van der Waals surface area (Å²) in [6, 6.07) is 0. The third-order valence-electron chi connectivity index (χ3n) is 0.794. The van der Waals surface area contributed by atoms with Crippen LogP contribution in [0.4, 0.5) is 0 Å². The Morgan fingerprint density at radius 2 is 2.22 bits per heavy atom. The van der Waals surface area contributed by atoms with Crippen molar-refractivity contribution >= 4 is 6.34 Å². The van der Waals surface area contributed by atoms with Gasteiger partial charge >= 0.3 is 0 Å². The molecule has 0 aliphatic carbocycles. The Labute approximate surface area is 55.8 Å². The zero-order valence-electron chi connectivity index (χ0n) is 5.83. The Morgan fingerprint density at radius 1 is 1.56 bits per heavy atom. The summed E-state index contributed by atoms with van der Waals surface area (Å²) >= 11 is 0. The van der Waals surface area contributed by atoms with Gasteiger partial charge in [0.25, 0.3) is 0 Å². The predicted molar refractivity (Wildman–Crippen MR) is 41.3 cm³/mol. The highest BCUT2D eigenvalue weighted by molar-refractivity contribution is 5.52. The molecule has 0 radical (unpaired) electrons. The molecule has 0 rings (SSSR count). The monoisotopic (exact) mass is 124 g/mol. The molecule has 0 atom stereocenters. The van der Waals surface area contributed by atoms with Crippen molar-refractivity contribution in [3.8, 4) is 0 Å². The molecule has 0 unspecified atom stereocenters. The van der Waals surface area contributed by atoms with Crippen molar-refractivity contribution in [2.24, 2.45) is 10.7 Å². The van der Waals surface area contributed by atoms with E-state index in [2.05, 4.69) is 4.99 Å². The molecule has 50 valence electrons. The SMILES string of the molecule is C\C=C/C(C)=C\N=C/N. The largest absolute Gasteiger partial charge is 0.390 e. The molecule has 0 amide bonds. The van der Waals surface area contributed by atoms with Crippen molar-refractivity contribution in [1.82, 2.24) is 0 Å². The molecule has 0 saturated carbocycles. The summed E-state index contributed by atoms with van der Waals surface area (Å²) in [5.41, 5.74) is 6.11. The molecule has 0 aromatic carbocycles. The molecule has 0 aliphatic rings. The van der Waals surface area contributed by atoms with Crippen molar-refractivity contribution in [1.29, 1.82) is 0 Å². The van der Waals surface area contributed by atoms with Crippen molar-refractivity contribution in [2.45, 2.75) is 13.8 Å². The van der Waals surface area contributed by atoms with Crippen molar-refractivity contribution in [2.75, 3.05) is 0 Å². The number of hydrogen-bond donors (Lipinski definition) is 1. The molecule has 0 aromatic rings. The van der Waals surface area contributed by atoms with Crippen LogP contribution in [0.15, 0.2) is 28.9 Å². The fourth-order valence-electron chi connectivity index (χ4n) is 0.467. The van der Waals surface area contributed by atoms with E-state index in [0.717, 1.165) is 5.57 Å². The summed E-state index contributed by atoms with van der Waals surface area (Å²) in [5, 5.41) is 0. The molecule has 0 aromatic heterocycles. The zero-order valence-corrected chi connectivity index (χ0v) is 5.83. The van der Waals surface area contributed by atoms with Gasteiger partial charge in [-0.05, 0) is 19.4 Å². The second-order valence-electron chi connectivity index (χ2n) is 1.67. The molecule has 0 fully saturated rings. The van der Waals surface area contributed by atoms with Gasteiger partial charge in [-0.25, -0.2) is 4.99 Å². The van der Waals surface area contributed by atoms with Crippen molar-refractivity contribution in [3.63, 3.8) is 0 Å². The molecule has 9 heavy (non-hydrogen) atoms. The Bertz CT molecular complexity index is 143. The van der Waals surface area contributed by atoms with Crippen LogP contribution in [0.1, 0.15) is 13.8 Å². The maximum absolute atomic E-state index is 5.01. The molecule has 0 aliphatic heterocycles. The van der Waals surface area contributed by atoms with E-state index in [1.54, 1.807) is 6.20 Å². The van der Waals surface area contributed by atoms with Crippen LogP contribution >= 0.6 is 0 Å². The minimum absolute atomic E-state index is 1.10. The van der Waals surface area contributed by atoms with Gasteiger partial charge in [-0.2, -0.15) is 0 Å². The normalized spacial score (nSPS) is 13.8. The average Bonchev–Trinajstić information content (AvgIpc) is 1.85. The highest BCUT2D eigenvalue weighted by Crippen LogP contribution is 1.92. The van der Waals surface area contributed by atoms with Gasteiger partial charge < -0.3 is 5.73 Å². The Hall–Kier alpha value is -1.05. The smallest absolute Gasteiger partial charge is 0.0852 e. The van der Waals surface area contributed by atoms with Gasteiger partial charge in [-0.15, -0.1) is 0 Å². The number of aliphatic imine (C=N–C) groups is 1. The molecule has 2 nitrogen and oxygen atoms in total. The average molecular weight is 124 g/mol. The maximum Gasteiger partial charge on any atom is 0.0852 e. The summed E-state index contributed by atoms with van der Waals surface area (Å²) < 4.78 is 0. The van der Waals surface area contributed by atoms with Crippen molar-refractivity contribution in [3.05, 3.63) is 23.9 Å². The van der Waals surface area contributed by atoms with Gasteiger partial charge in [0.05, 0.1) is 6.34 Å². The first-order valence-corrected chi connectivity index (χ1v) is 2.84. The van der Waals surface area contributed by atoms with Crippen LogP contribution in [-0.4, -0.2) is 6.34 Å². The lowest BCUT2D eigenvalue weighted by atomic mass is 10.3. The number of hydrogen-bond acceptors (Lipinski definition) is 1. The van der Waals surface area contributed by atoms with Crippen LogP contribution in [0, 0.1) is 0 Å². The lowest BCUT2D eigenvalue weighted by Crippen LogP contribution is -1.85. The van der Waals surface area contributed by atoms with E-state index < -0.39 is 0 Å². The molecule has 0 heterocycles. The topological polar surface area (TPSA) is 38.4 Å². The van der Waals surface area contributed by atoms with Crippen LogP contribution in [0.2, 0.25) is 0 Å². The van der Waals surface area contributed by atoms with Crippen molar-refractivity contribution < 1.29 is 0 Å². The first-order valence-electron chi connectivity index (χ1n) is 2.84. The van der Waals surface area contributed by atoms with E-state index in [0.29, 0.717) is 0 Å². The quantitative estimate of drug-likeness (QED) is 0.338. The molecule has 0 spiro atoms. The van der Waals surface area contributed by atoms with Gasteiger partial charge in [-0.1, -0.05) is 12.2 Å². The molecule has 2 N–H and O–H groups in total. The first-order chi connectivity index (χ1) is 4.31. The van der Waals surface area contributed by atoms with E-state index in [1.165, 1.54) is 6.34 Å². The van der Waals surface area contributed by atoms with Crippen LogP contribution in [-0.2, 0) is 0 Å². The lowest BCUT2D eigenvalue weighted by Gasteiger charge is -1.83. The highest BCUT2D eigenvalue weighted by Gasteiger charge is 1.73. The van der Waals surface area contributed by atoms with Gasteiger partial charge in [-0.3, -0.25) is 0 Å². The van der Waals surface area contributed by atoms with E-state index in [4.69, 9.17) is 5.73 Å². The van der Waals surface area contributed by atoms with Gasteiger partial charge in [0.1, 0.15) is 0 Å². The van der Waals surface area contributed by atoms with Gasteiger partial charge in [0.2, 0.25) is 0 Å². The van der Waals surface area contributed by atoms with Crippen LogP contribution < -0.4 is 5.73 Å².